The van der Waals surface area contributed by atoms with E-state index in [1.807, 2.05) is 6.07 Å². The molecule has 0 atom stereocenters. The van der Waals surface area contributed by atoms with Gasteiger partial charge in [0.1, 0.15) is 5.75 Å². The van der Waals surface area contributed by atoms with E-state index in [1.165, 1.54) is 18.2 Å². The van der Waals surface area contributed by atoms with Crippen molar-refractivity contribution >= 4 is 5.91 Å². The lowest BCUT2D eigenvalue weighted by Gasteiger charge is -2.10. The lowest BCUT2D eigenvalue weighted by atomic mass is 10.1. The van der Waals surface area contributed by atoms with Crippen molar-refractivity contribution in [3.63, 3.8) is 0 Å². The highest BCUT2D eigenvalue weighted by Gasteiger charge is 2.30. The van der Waals surface area contributed by atoms with Gasteiger partial charge in [-0.3, -0.25) is 4.79 Å². The molecule has 152 valence electrons. The minimum atomic E-state index is -4.47. The van der Waals surface area contributed by atoms with Crippen molar-refractivity contribution in [2.24, 2.45) is 0 Å². The quantitative estimate of drug-likeness (QED) is 0.566. The Morgan fingerprint density at radius 3 is 2.60 bits per heavy atom. The molecule has 0 aliphatic rings. The second-order valence-electron chi connectivity index (χ2n) is 6.23. The Hall–Kier alpha value is -3.86. The lowest BCUT2D eigenvalue weighted by Crippen LogP contribution is -2.24. The van der Waals surface area contributed by atoms with Crippen molar-refractivity contribution < 1.29 is 22.7 Å². The highest BCUT2D eigenvalue weighted by Crippen LogP contribution is 2.32. The number of benzene rings is 2. The molecule has 2 aromatic carbocycles. The molecule has 1 aromatic heterocycles. The van der Waals surface area contributed by atoms with Gasteiger partial charge in [0.05, 0.1) is 23.7 Å². The second-order valence-corrected chi connectivity index (χ2v) is 6.23. The fourth-order valence-corrected chi connectivity index (χ4v) is 2.64. The molecule has 0 radical (unpaired) electrons. The van der Waals surface area contributed by atoms with Crippen LogP contribution in [0.5, 0.6) is 11.6 Å². The zero-order valence-electron chi connectivity index (χ0n) is 15.6. The zero-order chi connectivity index (χ0) is 21.6. The van der Waals surface area contributed by atoms with E-state index < -0.39 is 11.7 Å². The van der Waals surface area contributed by atoms with E-state index in [4.69, 9.17) is 10.00 Å². The van der Waals surface area contributed by atoms with Crippen LogP contribution >= 0.6 is 0 Å². The van der Waals surface area contributed by atoms with Gasteiger partial charge in [-0.1, -0.05) is 24.3 Å². The number of carbonyl (C=O) groups excluding carboxylic acids is 1. The van der Waals surface area contributed by atoms with Gasteiger partial charge in [-0.25, -0.2) is 4.98 Å². The molecule has 5 nitrogen and oxygen atoms in total. The molecular formula is C22H16F3N3O2. The maximum atomic E-state index is 12.9. The Balaban J connectivity index is 1.80. The maximum Gasteiger partial charge on any atom is 0.416 e. The predicted octanol–water partition coefficient (Wildman–Crippen LogP) is 5.20. The molecule has 0 bridgehead atoms. The average Bonchev–Trinajstić information content (AvgIpc) is 2.74. The van der Waals surface area contributed by atoms with Gasteiger partial charge >= 0.3 is 6.18 Å². The largest absolute Gasteiger partial charge is 0.439 e. The SMILES string of the molecule is N#CCCNC(=O)c1cccc(-c2cccc(Oc3cccc(C(F)(F)F)c3)n2)c1. The van der Waals surface area contributed by atoms with Crippen LogP contribution in [0.3, 0.4) is 0 Å². The number of hydrogen-bond acceptors (Lipinski definition) is 4. The lowest BCUT2D eigenvalue weighted by molar-refractivity contribution is -0.137. The maximum absolute atomic E-state index is 12.9. The van der Waals surface area contributed by atoms with E-state index in [0.717, 1.165) is 12.1 Å². The highest BCUT2D eigenvalue weighted by atomic mass is 19.4. The summed E-state index contributed by atoms with van der Waals surface area (Å²) in [6.45, 7) is 0.248. The van der Waals surface area contributed by atoms with Crippen LogP contribution in [0, 0.1) is 11.3 Å². The second kappa shape index (κ2) is 9.09. The van der Waals surface area contributed by atoms with Crippen molar-refractivity contribution in [1.82, 2.24) is 10.3 Å². The number of nitrogens with zero attached hydrogens (tertiary/aromatic N) is 2. The molecule has 0 aliphatic heterocycles. The van der Waals surface area contributed by atoms with Crippen LogP contribution in [0.4, 0.5) is 13.2 Å². The van der Waals surface area contributed by atoms with Gasteiger partial charge in [-0.15, -0.1) is 0 Å². The first-order valence-corrected chi connectivity index (χ1v) is 8.94. The number of ether oxygens (including phenoxy) is 1. The molecule has 8 heteroatoms. The third-order valence-corrected chi connectivity index (χ3v) is 4.05. The van der Waals surface area contributed by atoms with Crippen molar-refractivity contribution in [2.45, 2.75) is 12.6 Å². The number of hydrogen-bond donors (Lipinski definition) is 1. The number of aromatic nitrogens is 1. The zero-order valence-corrected chi connectivity index (χ0v) is 15.6. The standard InChI is InChI=1S/C22H16F3N3O2/c23-22(24,25)17-7-2-8-18(14-17)30-20-10-3-9-19(28-20)15-5-1-6-16(13-15)21(29)27-12-4-11-26/h1-3,5-10,13-14H,4,12H2,(H,27,29). The molecule has 0 aliphatic carbocycles. The molecule has 0 saturated carbocycles. The first-order chi connectivity index (χ1) is 14.4. The smallest absolute Gasteiger partial charge is 0.416 e. The number of carbonyl (C=O) groups is 1. The van der Waals surface area contributed by atoms with E-state index in [-0.39, 0.29) is 30.5 Å². The molecule has 0 spiro atoms. The number of alkyl halides is 3. The molecule has 3 aromatic rings. The number of halogens is 3. The van der Waals surface area contributed by atoms with Crippen LogP contribution in [0.2, 0.25) is 0 Å². The summed E-state index contributed by atoms with van der Waals surface area (Å²) in [6.07, 6.45) is -4.26. The first-order valence-electron chi connectivity index (χ1n) is 8.94. The monoisotopic (exact) mass is 411 g/mol. The van der Waals surface area contributed by atoms with Crippen molar-refractivity contribution in [2.75, 3.05) is 6.54 Å². The normalized spacial score (nSPS) is 10.9. The number of rotatable bonds is 6. The summed E-state index contributed by atoms with van der Waals surface area (Å²) >= 11 is 0. The summed E-state index contributed by atoms with van der Waals surface area (Å²) in [5.41, 5.74) is 0.714. The van der Waals surface area contributed by atoms with E-state index >= 15 is 0 Å². The molecule has 0 fully saturated rings. The average molecular weight is 411 g/mol. The summed E-state index contributed by atoms with van der Waals surface area (Å²) < 4.78 is 44.1. The van der Waals surface area contributed by atoms with Gasteiger partial charge in [0, 0.05) is 23.7 Å². The molecule has 3 rings (SSSR count). The van der Waals surface area contributed by atoms with Crippen LogP contribution in [0.25, 0.3) is 11.3 Å². The third kappa shape index (κ3) is 5.35. The van der Waals surface area contributed by atoms with Gasteiger partial charge in [-0.05, 0) is 36.4 Å². The van der Waals surface area contributed by atoms with Crippen LogP contribution < -0.4 is 10.1 Å². The molecule has 0 saturated heterocycles. The number of pyridine rings is 1. The van der Waals surface area contributed by atoms with Gasteiger partial charge in [0.2, 0.25) is 5.88 Å². The van der Waals surface area contributed by atoms with Crippen molar-refractivity contribution in [1.29, 1.82) is 5.26 Å². The summed E-state index contributed by atoms with van der Waals surface area (Å²) in [4.78, 5) is 16.5. The van der Waals surface area contributed by atoms with Crippen LogP contribution in [-0.2, 0) is 6.18 Å². The van der Waals surface area contributed by atoms with E-state index in [9.17, 15) is 18.0 Å². The number of nitriles is 1. The predicted molar refractivity (Wildman–Crippen MR) is 104 cm³/mol. The first kappa shape index (κ1) is 20.9. The summed E-state index contributed by atoms with van der Waals surface area (Å²) in [5, 5.41) is 11.2. The highest BCUT2D eigenvalue weighted by molar-refractivity contribution is 5.95. The Kier molecular flexibility index (Phi) is 6.32. The van der Waals surface area contributed by atoms with Gasteiger partial charge in [-0.2, -0.15) is 18.4 Å². The summed E-state index contributed by atoms with van der Waals surface area (Å²) in [5.74, 6) is -0.181. The van der Waals surface area contributed by atoms with E-state index in [0.29, 0.717) is 16.8 Å². The number of amides is 1. The van der Waals surface area contributed by atoms with Gasteiger partial charge in [0.25, 0.3) is 5.91 Å². The minimum absolute atomic E-state index is 0.0140. The van der Waals surface area contributed by atoms with Crippen molar-refractivity contribution in [3.8, 4) is 29.0 Å². The Morgan fingerprint density at radius 1 is 1.07 bits per heavy atom. The fraction of sp³-hybridized carbons (Fsp3) is 0.136. The fourth-order valence-electron chi connectivity index (χ4n) is 2.64. The molecule has 0 unspecified atom stereocenters. The van der Waals surface area contributed by atoms with Gasteiger partial charge in [0.15, 0.2) is 0 Å². The van der Waals surface area contributed by atoms with Gasteiger partial charge < -0.3 is 10.1 Å². The van der Waals surface area contributed by atoms with Crippen LogP contribution in [0.15, 0.2) is 66.7 Å². The minimum Gasteiger partial charge on any atom is -0.439 e. The number of nitrogens with one attached hydrogen (secondary N) is 1. The van der Waals surface area contributed by atoms with Crippen molar-refractivity contribution in [3.05, 3.63) is 77.9 Å². The molecular weight excluding hydrogens is 395 g/mol. The molecule has 30 heavy (non-hydrogen) atoms. The van der Waals surface area contributed by atoms with Crippen LogP contribution in [-0.4, -0.2) is 17.4 Å². The Bertz CT molecular complexity index is 1090. The van der Waals surface area contributed by atoms with E-state index in [1.54, 1.807) is 36.4 Å². The topological polar surface area (TPSA) is 75.0 Å². The third-order valence-electron chi connectivity index (χ3n) is 4.05. The molecule has 1 heterocycles. The Labute approximate surface area is 170 Å². The Morgan fingerprint density at radius 2 is 1.83 bits per heavy atom. The van der Waals surface area contributed by atoms with Crippen LogP contribution in [0.1, 0.15) is 22.3 Å². The summed E-state index contributed by atoms with van der Waals surface area (Å²) in [6, 6.07) is 18.1. The molecule has 1 N–H and O–H groups in total. The molecule has 1 amide bonds. The van der Waals surface area contributed by atoms with E-state index in [2.05, 4.69) is 10.3 Å². The summed E-state index contributed by atoms with van der Waals surface area (Å²) in [7, 11) is 0.